The quantitative estimate of drug-likeness (QED) is 0.588. The van der Waals surface area contributed by atoms with Crippen molar-refractivity contribution in [1.29, 1.82) is 0 Å². The van der Waals surface area contributed by atoms with Gasteiger partial charge in [-0.3, -0.25) is 0 Å². The maximum atomic E-state index is 13.9. The van der Waals surface area contributed by atoms with Crippen molar-refractivity contribution in [1.82, 2.24) is 0 Å². The highest BCUT2D eigenvalue weighted by atomic mass is 19.2. The molecule has 19 heavy (non-hydrogen) atoms. The van der Waals surface area contributed by atoms with Gasteiger partial charge in [0.25, 0.3) is 0 Å². The van der Waals surface area contributed by atoms with Gasteiger partial charge in [0.15, 0.2) is 12.3 Å². The average molecular weight is 278 g/mol. The molecule has 114 valence electrons. The van der Waals surface area contributed by atoms with E-state index >= 15 is 0 Å². The monoisotopic (exact) mass is 278 g/mol. The molecule has 1 aliphatic rings. The average Bonchev–Trinajstić information content (AvgIpc) is 2.42. The maximum absolute atomic E-state index is 13.9. The Morgan fingerprint density at radius 2 is 1.37 bits per heavy atom. The lowest BCUT2D eigenvalue weighted by Crippen LogP contribution is -2.46. The summed E-state index contributed by atoms with van der Waals surface area (Å²) in [5.41, 5.74) is 0. The zero-order valence-electron chi connectivity index (χ0n) is 12.2. The number of ether oxygens (including phenoxy) is 2. The highest BCUT2D eigenvalue weighted by Gasteiger charge is 2.41. The number of hydrogen-bond donors (Lipinski definition) is 0. The normalized spacial score (nSPS) is 31.6. The van der Waals surface area contributed by atoms with Gasteiger partial charge in [-0.1, -0.05) is 33.1 Å². The first kappa shape index (κ1) is 16.8. The van der Waals surface area contributed by atoms with E-state index in [4.69, 9.17) is 9.47 Å². The molecular weight excluding hydrogens is 250 g/mol. The first-order valence-corrected chi connectivity index (χ1v) is 7.72. The van der Waals surface area contributed by atoms with Gasteiger partial charge in [0.2, 0.25) is 0 Å². The molecule has 0 radical (unpaired) electrons. The smallest absolute Gasteiger partial charge is 0.160 e. The van der Waals surface area contributed by atoms with Crippen LogP contribution in [0, 0.1) is 0 Å². The number of hydrogen-bond acceptors (Lipinski definition) is 2. The zero-order chi connectivity index (χ0) is 14.1. The summed E-state index contributed by atoms with van der Waals surface area (Å²) in [4.78, 5) is 0. The van der Waals surface area contributed by atoms with E-state index in [0.29, 0.717) is 26.1 Å². The van der Waals surface area contributed by atoms with E-state index in [2.05, 4.69) is 6.92 Å². The van der Waals surface area contributed by atoms with Gasteiger partial charge in [-0.05, 0) is 25.7 Å². The van der Waals surface area contributed by atoms with E-state index in [9.17, 15) is 8.78 Å². The molecule has 4 heteroatoms. The molecule has 2 nitrogen and oxygen atoms in total. The van der Waals surface area contributed by atoms with Gasteiger partial charge in [0.05, 0.1) is 12.2 Å². The van der Waals surface area contributed by atoms with Crippen molar-refractivity contribution >= 4 is 0 Å². The minimum atomic E-state index is -1.54. The van der Waals surface area contributed by atoms with Crippen LogP contribution in [0.3, 0.4) is 0 Å². The van der Waals surface area contributed by atoms with E-state index in [-0.39, 0.29) is 0 Å². The molecule has 1 aliphatic carbocycles. The first-order valence-electron chi connectivity index (χ1n) is 7.72. The van der Waals surface area contributed by atoms with Crippen LogP contribution in [0.1, 0.15) is 58.8 Å². The van der Waals surface area contributed by atoms with Gasteiger partial charge in [-0.25, -0.2) is 8.78 Å². The van der Waals surface area contributed by atoms with Gasteiger partial charge in [0.1, 0.15) is 0 Å². The zero-order valence-corrected chi connectivity index (χ0v) is 12.2. The molecule has 0 aromatic carbocycles. The summed E-state index contributed by atoms with van der Waals surface area (Å²) >= 11 is 0. The third-order valence-corrected chi connectivity index (χ3v) is 3.62. The van der Waals surface area contributed by atoms with E-state index in [0.717, 1.165) is 25.7 Å². The maximum Gasteiger partial charge on any atom is 0.160 e. The molecular formula is C15H28F2O2. The number of halogens is 2. The van der Waals surface area contributed by atoms with Crippen molar-refractivity contribution in [3.63, 3.8) is 0 Å². The second-order valence-corrected chi connectivity index (χ2v) is 5.35. The van der Waals surface area contributed by atoms with Crippen LogP contribution >= 0.6 is 0 Å². The minimum Gasteiger partial charge on any atom is -0.375 e. The Hall–Kier alpha value is -0.220. The molecule has 0 N–H and O–H groups in total. The van der Waals surface area contributed by atoms with Crippen LogP contribution < -0.4 is 0 Å². The second-order valence-electron chi connectivity index (χ2n) is 5.35. The van der Waals surface area contributed by atoms with Crippen molar-refractivity contribution in [2.75, 3.05) is 13.2 Å². The van der Waals surface area contributed by atoms with Crippen LogP contribution in [0.5, 0.6) is 0 Å². The molecule has 1 saturated carbocycles. The number of rotatable bonds is 9. The second kappa shape index (κ2) is 9.65. The van der Waals surface area contributed by atoms with Crippen LogP contribution in [0.25, 0.3) is 0 Å². The Morgan fingerprint density at radius 1 is 0.789 bits per heavy atom. The van der Waals surface area contributed by atoms with Crippen LogP contribution in [0.15, 0.2) is 0 Å². The van der Waals surface area contributed by atoms with Crippen LogP contribution in [0.2, 0.25) is 0 Å². The summed E-state index contributed by atoms with van der Waals surface area (Å²) in [6.45, 7) is 5.15. The van der Waals surface area contributed by atoms with E-state index in [1.54, 1.807) is 0 Å². The molecule has 0 bridgehead atoms. The Labute approximate surface area is 115 Å². The van der Waals surface area contributed by atoms with Crippen LogP contribution in [-0.2, 0) is 9.47 Å². The summed E-state index contributed by atoms with van der Waals surface area (Å²) in [5, 5.41) is 0. The van der Waals surface area contributed by atoms with Crippen molar-refractivity contribution in [3.8, 4) is 0 Å². The van der Waals surface area contributed by atoms with E-state index in [1.165, 1.54) is 6.42 Å². The summed E-state index contributed by atoms with van der Waals surface area (Å²) in [5.74, 6) is 0. The molecule has 0 amide bonds. The topological polar surface area (TPSA) is 18.5 Å². The summed E-state index contributed by atoms with van der Waals surface area (Å²) in [6, 6.07) is 0. The molecule has 0 heterocycles. The Bertz CT molecular complexity index is 224. The molecule has 1 fully saturated rings. The fourth-order valence-corrected chi connectivity index (χ4v) is 2.44. The van der Waals surface area contributed by atoms with Gasteiger partial charge in [-0.15, -0.1) is 0 Å². The highest BCUT2D eigenvalue weighted by Crippen LogP contribution is 2.29. The molecule has 0 spiro atoms. The first-order chi connectivity index (χ1) is 9.20. The van der Waals surface area contributed by atoms with Gasteiger partial charge >= 0.3 is 0 Å². The number of unbranched alkanes of at least 4 members (excludes halogenated alkanes) is 3. The third-order valence-electron chi connectivity index (χ3n) is 3.62. The van der Waals surface area contributed by atoms with Gasteiger partial charge in [-0.2, -0.15) is 0 Å². The third kappa shape index (κ3) is 5.74. The Kier molecular flexibility index (Phi) is 8.55. The fourth-order valence-electron chi connectivity index (χ4n) is 2.44. The number of alkyl halides is 2. The minimum absolute atomic E-state index is 0.500. The van der Waals surface area contributed by atoms with E-state index in [1.807, 2.05) is 6.92 Å². The van der Waals surface area contributed by atoms with Crippen molar-refractivity contribution in [2.45, 2.75) is 83.3 Å². The predicted octanol–water partition coefficient (Wildman–Crippen LogP) is 4.22. The molecule has 0 aromatic heterocycles. The summed E-state index contributed by atoms with van der Waals surface area (Å²) in [6.07, 6.45) is 2.06. The molecule has 0 aliphatic heterocycles. The van der Waals surface area contributed by atoms with Gasteiger partial charge < -0.3 is 9.47 Å². The lowest BCUT2D eigenvalue weighted by molar-refractivity contribution is -0.118. The van der Waals surface area contributed by atoms with Crippen molar-refractivity contribution in [3.05, 3.63) is 0 Å². The lowest BCUT2D eigenvalue weighted by atomic mass is 9.91. The molecule has 4 unspecified atom stereocenters. The van der Waals surface area contributed by atoms with Gasteiger partial charge in [0, 0.05) is 13.2 Å². The standard InChI is InChI=1S/C15H28F2O2/c1-3-5-6-7-11-19-13-9-8-12(18-10-4-2)14(16)15(13)17/h12-15H,3-11H2,1-2H3. The fraction of sp³-hybridized carbons (Fsp3) is 1.00. The highest BCUT2D eigenvalue weighted by molar-refractivity contribution is 4.89. The van der Waals surface area contributed by atoms with E-state index < -0.39 is 24.6 Å². The summed E-state index contributed by atoms with van der Waals surface area (Å²) in [7, 11) is 0. The van der Waals surface area contributed by atoms with Crippen LogP contribution in [-0.4, -0.2) is 37.8 Å². The largest absolute Gasteiger partial charge is 0.375 e. The molecule has 0 aromatic rings. The molecule has 4 atom stereocenters. The molecule has 1 rings (SSSR count). The molecule has 0 saturated heterocycles. The van der Waals surface area contributed by atoms with Crippen LogP contribution in [0.4, 0.5) is 8.78 Å². The van der Waals surface area contributed by atoms with Crippen molar-refractivity contribution in [2.24, 2.45) is 0 Å². The summed E-state index contributed by atoms with van der Waals surface area (Å²) < 4.78 is 38.6. The Morgan fingerprint density at radius 3 is 1.89 bits per heavy atom. The predicted molar refractivity (Wildman–Crippen MR) is 72.9 cm³/mol. The van der Waals surface area contributed by atoms with Crippen molar-refractivity contribution < 1.29 is 18.3 Å². The SMILES string of the molecule is CCCCCCOC1CCC(OCCC)C(F)C1F. The lowest BCUT2D eigenvalue weighted by Gasteiger charge is -2.34. The Balaban J connectivity index is 2.23.